The molecule has 1 aliphatic rings. The molecular weight excluding hydrogens is 330 g/mol. The summed E-state index contributed by atoms with van der Waals surface area (Å²) in [5, 5.41) is 2.84. The van der Waals surface area contributed by atoms with E-state index >= 15 is 0 Å². The van der Waals surface area contributed by atoms with Crippen LogP contribution in [0.4, 0.5) is 11.6 Å². The normalized spacial score (nSPS) is 14.6. The zero-order chi connectivity index (χ0) is 18.4. The number of pyridine rings is 1. The maximum atomic E-state index is 12.1. The average Bonchev–Trinajstić information content (AvgIpc) is 2.68. The molecule has 2 aromatic rings. The lowest BCUT2D eigenvalue weighted by Crippen LogP contribution is -2.47. The molecule has 0 atom stereocenters. The van der Waals surface area contributed by atoms with Crippen LogP contribution in [0.2, 0.25) is 0 Å². The minimum absolute atomic E-state index is 0.189. The quantitative estimate of drug-likeness (QED) is 0.808. The Hall–Kier alpha value is -2.74. The van der Waals surface area contributed by atoms with Gasteiger partial charge in [-0.25, -0.2) is 15.0 Å². The van der Waals surface area contributed by atoms with Crippen LogP contribution >= 0.6 is 0 Å². The van der Waals surface area contributed by atoms with E-state index in [2.05, 4.69) is 30.1 Å². The van der Waals surface area contributed by atoms with Crippen molar-refractivity contribution in [2.75, 3.05) is 63.2 Å². The number of carbonyl (C=O) groups is 1. The number of aromatic nitrogens is 3. The van der Waals surface area contributed by atoms with Gasteiger partial charge in [-0.3, -0.25) is 4.79 Å². The van der Waals surface area contributed by atoms with E-state index in [0.717, 1.165) is 44.4 Å². The summed E-state index contributed by atoms with van der Waals surface area (Å²) in [6.07, 6.45) is 5.04. The van der Waals surface area contributed by atoms with Crippen LogP contribution in [0.1, 0.15) is 10.5 Å². The molecule has 1 aliphatic heterocycles. The van der Waals surface area contributed by atoms with E-state index in [1.165, 1.54) is 0 Å². The van der Waals surface area contributed by atoms with Crippen LogP contribution in [0, 0.1) is 0 Å². The number of hydrogen-bond donors (Lipinski definition) is 1. The van der Waals surface area contributed by atoms with Crippen LogP contribution in [0.25, 0.3) is 0 Å². The molecule has 1 saturated heterocycles. The van der Waals surface area contributed by atoms with Gasteiger partial charge in [0.15, 0.2) is 0 Å². The fourth-order valence-corrected chi connectivity index (χ4v) is 2.79. The highest BCUT2D eigenvalue weighted by Crippen LogP contribution is 2.16. The molecule has 3 rings (SSSR count). The Kier molecular flexibility index (Phi) is 5.96. The first-order chi connectivity index (χ1) is 12.6. The van der Waals surface area contributed by atoms with E-state index in [9.17, 15) is 4.79 Å². The Labute approximate surface area is 153 Å². The number of piperazine rings is 1. The fraction of sp³-hybridized carbons (Fsp3) is 0.444. The Morgan fingerprint density at radius 2 is 1.77 bits per heavy atom. The van der Waals surface area contributed by atoms with Crippen molar-refractivity contribution in [3.8, 4) is 0 Å². The molecule has 0 aromatic carbocycles. The second-order valence-electron chi connectivity index (χ2n) is 6.48. The first-order valence-corrected chi connectivity index (χ1v) is 8.79. The van der Waals surface area contributed by atoms with Gasteiger partial charge in [-0.1, -0.05) is 6.07 Å². The summed E-state index contributed by atoms with van der Waals surface area (Å²) in [6.45, 7) is 4.83. The standard InChI is InChI=1S/C18H25N7O/c1-23(2)8-7-20-18(26)15-13-22-17(14-21-15)25-11-9-24(10-12-25)16-5-3-4-6-19-16/h3-6,13-14H,7-12H2,1-2H3,(H,20,26). The molecular formula is C18H25N7O. The summed E-state index contributed by atoms with van der Waals surface area (Å²) < 4.78 is 0. The minimum Gasteiger partial charge on any atom is -0.353 e. The highest BCUT2D eigenvalue weighted by Gasteiger charge is 2.19. The Balaban J connectivity index is 1.52. The maximum absolute atomic E-state index is 12.1. The molecule has 0 unspecified atom stereocenters. The van der Waals surface area contributed by atoms with Gasteiger partial charge < -0.3 is 20.0 Å². The van der Waals surface area contributed by atoms with Crippen molar-refractivity contribution >= 4 is 17.5 Å². The number of rotatable bonds is 6. The lowest BCUT2D eigenvalue weighted by Gasteiger charge is -2.35. The van der Waals surface area contributed by atoms with E-state index in [-0.39, 0.29) is 5.91 Å². The molecule has 3 heterocycles. The Bertz CT molecular complexity index is 697. The zero-order valence-corrected chi connectivity index (χ0v) is 15.3. The zero-order valence-electron chi connectivity index (χ0n) is 15.3. The van der Waals surface area contributed by atoms with E-state index in [0.29, 0.717) is 12.2 Å². The molecule has 8 nitrogen and oxygen atoms in total. The third-order valence-corrected chi connectivity index (χ3v) is 4.29. The van der Waals surface area contributed by atoms with Crippen molar-refractivity contribution in [2.24, 2.45) is 0 Å². The van der Waals surface area contributed by atoms with Crippen LogP contribution in [-0.2, 0) is 0 Å². The van der Waals surface area contributed by atoms with E-state index in [4.69, 9.17) is 0 Å². The molecule has 1 amide bonds. The monoisotopic (exact) mass is 355 g/mol. The number of anilines is 2. The molecule has 0 aliphatic carbocycles. The van der Waals surface area contributed by atoms with Crippen LogP contribution in [0.15, 0.2) is 36.8 Å². The molecule has 8 heteroatoms. The maximum Gasteiger partial charge on any atom is 0.271 e. The van der Waals surface area contributed by atoms with Crippen molar-refractivity contribution in [1.29, 1.82) is 0 Å². The van der Waals surface area contributed by atoms with Gasteiger partial charge in [-0.05, 0) is 26.2 Å². The van der Waals surface area contributed by atoms with Gasteiger partial charge in [-0.15, -0.1) is 0 Å². The van der Waals surface area contributed by atoms with E-state index in [1.54, 1.807) is 12.4 Å². The smallest absolute Gasteiger partial charge is 0.271 e. The summed E-state index contributed by atoms with van der Waals surface area (Å²) in [5.41, 5.74) is 0.347. The third-order valence-electron chi connectivity index (χ3n) is 4.29. The first-order valence-electron chi connectivity index (χ1n) is 8.79. The van der Waals surface area contributed by atoms with Gasteiger partial charge in [0.25, 0.3) is 5.91 Å². The number of likely N-dealkylation sites (N-methyl/N-ethyl adjacent to an activating group) is 1. The van der Waals surface area contributed by atoms with Gasteiger partial charge in [-0.2, -0.15) is 0 Å². The van der Waals surface area contributed by atoms with Crippen molar-refractivity contribution in [1.82, 2.24) is 25.2 Å². The van der Waals surface area contributed by atoms with Crippen LogP contribution in [0.3, 0.4) is 0 Å². The average molecular weight is 355 g/mol. The summed E-state index contributed by atoms with van der Waals surface area (Å²) in [5.74, 6) is 1.62. The predicted octanol–water partition coefficient (Wildman–Crippen LogP) is 0.490. The second-order valence-corrected chi connectivity index (χ2v) is 6.48. The fourth-order valence-electron chi connectivity index (χ4n) is 2.79. The number of carbonyl (C=O) groups excluding carboxylic acids is 1. The SMILES string of the molecule is CN(C)CCNC(=O)c1cnc(N2CCN(c3ccccn3)CC2)cn1. The summed E-state index contributed by atoms with van der Waals surface area (Å²) in [6, 6.07) is 5.95. The Morgan fingerprint density at radius 1 is 1.04 bits per heavy atom. The molecule has 26 heavy (non-hydrogen) atoms. The highest BCUT2D eigenvalue weighted by molar-refractivity contribution is 5.92. The molecule has 138 valence electrons. The van der Waals surface area contributed by atoms with E-state index in [1.807, 2.05) is 43.4 Å². The van der Waals surface area contributed by atoms with Crippen molar-refractivity contribution in [2.45, 2.75) is 0 Å². The second kappa shape index (κ2) is 8.57. The van der Waals surface area contributed by atoms with Crippen molar-refractivity contribution in [3.05, 3.63) is 42.5 Å². The molecule has 1 fully saturated rings. The summed E-state index contributed by atoms with van der Waals surface area (Å²) in [4.78, 5) is 31.6. The molecule has 0 spiro atoms. The van der Waals surface area contributed by atoms with Crippen LogP contribution < -0.4 is 15.1 Å². The molecule has 0 bridgehead atoms. The van der Waals surface area contributed by atoms with Crippen LogP contribution in [0.5, 0.6) is 0 Å². The van der Waals surface area contributed by atoms with Gasteiger partial charge in [0.05, 0.1) is 12.4 Å². The number of nitrogens with one attached hydrogen (secondary N) is 1. The van der Waals surface area contributed by atoms with E-state index < -0.39 is 0 Å². The molecule has 0 radical (unpaired) electrons. The molecule has 2 aromatic heterocycles. The third kappa shape index (κ3) is 4.66. The van der Waals surface area contributed by atoms with Gasteiger partial charge in [0.2, 0.25) is 0 Å². The first kappa shape index (κ1) is 18.1. The number of hydrogen-bond acceptors (Lipinski definition) is 7. The van der Waals surface area contributed by atoms with Crippen LogP contribution in [-0.4, -0.2) is 79.1 Å². The highest BCUT2D eigenvalue weighted by atomic mass is 16.1. The topological polar surface area (TPSA) is 77.5 Å². The number of nitrogens with zero attached hydrogens (tertiary/aromatic N) is 6. The van der Waals surface area contributed by atoms with Gasteiger partial charge >= 0.3 is 0 Å². The molecule has 1 N–H and O–H groups in total. The molecule has 0 saturated carbocycles. The van der Waals surface area contributed by atoms with Crippen molar-refractivity contribution < 1.29 is 4.79 Å². The minimum atomic E-state index is -0.189. The summed E-state index contributed by atoms with van der Waals surface area (Å²) in [7, 11) is 3.93. The van der Waals surface area contributed by atoms with Gasteiger partial charge in [0, 0.05) is 45.5 Å². The lowest BCUT2D eigenvalue weighted by molar-refractivity contribution is 0.0945. The van der Waals surface area contributed by atoms with Crippen molar-refractivity contribution in [3.63, 3.8) is 0 Å². The Morgan fingerprint density at radius 3 is 2.35 bits per heavy atom. The predicted molar refractivity (Wildman–Crippen MR) is 102 cm³/mol. The largest absolute Gasteiger partial charge is 0.353 e. The lowest BCUT2D eigenvalue weighted by atomic mass is 10.3. The number of amides is 1. The summed E-state index contributed by atoms with van der Waals surface area (Å²) >= 11 is 0. The van der Waals surface area contributed by atoms with Gasteiger partial charge in [0.1, 0.15) is 17.3 Å².